The highest BCUT2D eigenvalue weighted by Crippen LogP contribution is 2.12. The molecule has 0 fully saturated rings. The Kier molecular flexibility index (Phi) is 4.82. The topological polar surface area (TPSA) is 46.3 Å². The summed E-state index contributed by atoms with van der Waals surface area (Å²) in [7, 11) is 0. The summed E-state index contributed by atoms with van der Waals surface area (Å²) in [5, 5.41) is 0. The van der Waals surface area contributed by atoms with Crippen LogP contribution in [0.3, 0.4) is 0 Å². The Morgan fingerprint density at radius 2 is 2.40 bits per heavy atom. The van der Waals surface area contributed by atoms with Crippen molar-refractivity contribution in [3.05, 3.63) is 11.6 Å². The minimum absolute atomic E-state index is 0.277. The van der Waals surface area contributed by atoms with Crippen molar-refractivity contribution in [3.8, 4) is 0 Å². The zero-order valence-electron chi connectivity index (χ0n) is 9.83. The standard InChI is InChI=1S/C12H22N2O/c1-10-5-7-14(8-6-10)12(15)4-3-11(2)9-13/h5,11H,3-4,6-9,13H2,1-2H3. The Labute approximate surface area is 92.3 Å². The van der Waals surface area contributed by atoms with Crippen LogP contribution in [0.4, 0.5) is 0 Å². The van der Waals surface area contributed by atoms with Crippen molar-refractivity contribution in [2.75, 3.05) is 19.6 Å². The van der Waals surface area contributed by atoms with E-state index in [9.17, 15) is 4.79 Å². The molecule has 1 aliphatic heterocycles. The molecule has 0 aromatic rings. The van der Waals surface area contributed by atoms with Crippen molar-refractivity contribution in [3.63, 3.8) is 0 Å². The average Bonchev–Trinajstić information content (AvgIpc) is 2.26. The molecule has 0 spiro atoms. The van der Waals surface area contributed by atoms with Crippen LogP contribution in [-0.4, -0.2) is 30.4 Å². The van der Waals surface area contributed by atoms with Gasteiger partial charge in [0.2, 0.25) is 5.91 Å². The summed E-state index contributed by atoms with van der Waals surface area (Å²) < 4.78 is 0. The number of nitrogens with two attached hydrogens (primary N) is 1. The minimum atomic E-state index is 0.277. The van der Waals surface area contributed by atoms with Gasteiger partial charge >= 0.3 is 0 Å². The van der Waals surface area contributed by atoms with Crippen molar-refractivity contribution in [2.24, 2.45) is 11.7 Å². The molecule has 1 atom stereocenters. The highest BCUT2D eigenvalue weighted by Gasteiger charge is 2.15. The van der Waals surface area contributed by atoms with Crippen molar-refractivity contribution < 1.29 is 4.79 Å². The Bertz CT molecular complexity index is 248. The lowest BCUT2D eigenvalue weighted by atomic mass is 10.0. The van der Waals surface area contributed by atoms with Gasteiger partial charge in [-0.25, -0.2) is 0 Å². The summed E-state index contributed by atoms with van der Waals surface area (Å²) in [6, 6.07) is 0. The second-order valence-electron chi connectivity index (χ2n) is 4.52. The van der Waals surface area contributed by atoms with Gasteiger partial charge in [-0.15, -0.1) is 0 Å². The molecule has 0 saturated carbocycles. The molecule has 1 rings (SSSR count). The summed E-state index contributed by atoms with van der Waals surface area (Å²) in [4.78, 5) is 13.7. The summed E-state index contributed by atoms with van der Waals surface area (Å²) in [6.07, 6.45) is 4.73. The van der Waals surface area contributed by atoms with Crippen molar-refractivity contribution in [1.82, 2.24) is 4.90 Å². The van der Waals surface area contributed by atoms with E-state index < -0.39 is 0 Å². The second-order valence-corrected chi connectivity index (χ2v) is 4.52. The van der Waals surface area contributed by atoms with Gasteiger partial charge in [0.1, 0.15) is 0 Å². The Morgan fingerprint density at radius 3 is 2.93 bits per heavy atom. The van der Waals surface area contributed by atoms with E-state index in [4.69, 9.17) is 5.73 Å². The molecular weight excluding hydrogens is 188 g/mol. The van der Waals surface area contributed by atoms with Crippen molar-refractivity contribution in [1.29, 1.82) is 0 Å². The van der Waals surface area contributed by atoms with Crippen LogP contribution >= 0.6 is 0 Å². The first kappa shape index (κ1) is 12.2. The smallest absolute Gasteiger partial charge is 0.222 e. The van der Waals surface area contributed by atoms with Gasteiger partial charge in [-0.2, -0.15) is 0 Å². The highest BCUT2D eigenvalue weighted by molar-refractivity contribution is 5.76. The number of hydrogen-bond donors (Lipinski definition) is 1. The molecule has 0 saturated heterocycles. The molecule has 15 heavy (non-hydrogen) atoms. The number of carbonyl (C=O) groups excluding carboxylic acids is 1. The van der Waals surface area contributed by atoms with E-state index in [0.29, 0.717) is 18.9 Å². The molecule has 1 unspecified atom stereocenters. The maximum absolute atomic E-state index is 11.8. The van der Waals surface area contributed by atoms with Gasteiger partial charge in [0, 0.05) is 19.5 Å². The van der Waals surface area contributed by atoms with Crippen LogP contribution in [0.1, 0.15) is 33.1 Å². The monoisotopic (exact) mass is 210 g/mol. The highest BCUT2D eigenvalue weighted by atomic mass is 16.2. The first-order valence-electron chi connectivity index (χ1n) is 5.77. The second kappa shape index (κ2) is 5.91. The molecule has 1 heterocycles. The van der Waals surface area contributed by atoms with Gasteiger partial charge in [-0.3, -0.25) is 4.79 Å². The van der Waals surface area contributed by atoms with Crippen molar-refractivity contribution in [2.45, 2.75) is 33.1 Å². The van der Waals surface area contributed by atoms with Gasteiger partial charge in [0.05, 0.1) is 0 Å². The third-order valence-electron chi connectivity index (χ3n) is 3.04. The van der Waals surface area contributed by atoms with Gasteiger partial charge in [0.25, 0.3) is 0 Å². The van der Waals surface area contributed by atoms with Gasteiger partial charge in [-0.1, -0.05) is 18.6 Å². The van der Waals surface area contributed by atoms with Crippen LogP contribution in [0.2, 0.25) is 0 Å². The molecule has 0 radical (unpaired) electrons. The van der Waals surface area contributed by atoms with Gasteiger partial charge in [-0.05, 0) is 32.2 Å². The molecule has 0 aromatic carbocycles. The fourth-order valence-electron chi connectivity index (χ4n) is 1.64. The molecule has 2 N–H and O–H groups in total. The Hall–Kier alpha value is -0.830. The predicted octanol–water partition coefficient (Wildman–Crippen LogP) is 1.54. The molecular formula is C12H22N2O. The summed E-state index contributed by atoms with van der Waals surface area (Å²) in [6.45, 7) is 6.57. The van der Waals surface area contributed by atoms with E-state index in [0.717, 1.165) is 25.9 Å². The fourth-order valence-corrected chi connectivity index (χ4v) is 1.64. The lowest BCUT2D eigenvalue weighted by Gasteiger charge is -2.25. The van der Waals surface area contributed by atoms with Gasteiger partial charge < -0.3 is 10.6 Å². The van der Waals surface area contributed by atoms with Gasteiger partial charge in [0.15, 0.2) is 0 Å². The zero-order chi connectivity index (χ0) is 11.3. The molecule has 3 heteroatoms. The van der Waals surface area contributed by atoms with E-state index in [-0.39, 0.29) is 5.91 Å². The van der Waals surface area contributed by atoms with Crippen LogP contribution in [0.15, 0.2) is 11.6 Å². The van der Waals surface area contributed by atoms with E-state index in [2.05, 4.69) is 19.9 Å². The molecule has 0 aromatic heterocycles. The molecule has 0 bridgehead atoms. The van der Waals surface area contributed by atoms with Crippen LogP contribution < -0.4 is 5.73 Å². The Balaban J connectivity index is 2.29. The van der Waals surface area contributed by atoms with Crippen LogP contribution in [-0.2, 0) is 4.79 Å². The van der Waals surface area contributed by atoms with E-state index in [1.54, 1.807) is 0 Å². The van der Waals surface area contributed by atoms with E-state index in [1.165, 1.54) is 5.57 Å². The molecule has 0 aliphatic carbocycles. The van der Waals surface area contributed by atoms with Crippen LogP contribution in [0, 0.1) is 5.92 Å². The maximum atomic E-state index is 11.8. The third-order valence-corrected chi connectivity index (χ3v) is 3.04. The zero-order valence-corrected chi connectivity index (χ0v) is 9.83. The molecule has 3 nitrogen and oxygen atoms in total. The minimum Gasteiger partial charge on any atom is -0.339 e. The quantitative estimate of drug-likeness (QED) is 0.715. The molecule has 86 valence electrons. The summed E-state index contributed by atoms with van der Waals surface area (Å²) >= 11 is 0. The van der Waals surface area contributed by atoms with Crippen molar-refractivity contribution >= 4 is 5.91 Å². The lowest BCUT2D eigenvalue weighted by molar-refractivity contribution is -0.131. The average molecular weight is 210 g/mol. The first-order valence-corrected chi connectivity index (χ1v) is 5.77. The largest absolute Gasteiger partial charge is 0.339 e. The number of hydrogen-bond acceptors (Lipinski definition) is 2. The lowest BCUT2D eigenvalue weighted by Crippen LogP contribution is -2.34. The van der Waals surface area contributed by atoms with Crippen LogP contribution in [0.25, 0.3) is 0 Å². The number of rotatable bonds is 4. The molecule has 1 amide bonds. The first-order chi connectivity index (χ1) is 7.13. The van der Waals surface area contributed by atoms with E-state index in [1.807, 2.05) is 4.90 Å². The third kappa shape index (κ3) is 4.04. The Morgan fingerprint density at radius 1 is 1.67 bits per heavy atom. The maximum Gasteiger partial charge on any atom is 0.222 e. The number of nitrogens with zero attached hydrogens (tertiary/aromatic N) is 1. The molecule has 1 aliphatic rings. The number of amides is 1. The fraction of sp³-hybridized carbons (Fsp3) is 0.750. The predicted molar refractivity (Wildman–Crippen MR) is 62.4 cm³/mol. The summed E-state index contributed by atoms with van der Waals surface area (Å²) in [5.74, 6) is 0.732. The SMILES string of the molecule is CC1=CCN(C(=O)CCC(C)CN)CC1. The van der Waals surface area contributed by atoms with Crippen LogP contribution in [0.5, 0.6) is 0 Å². The van der Waals surface area contributed by atoms with E-state index >= 15 is 0 Å². The normalized spacial score (nSPS) is 18.6. The number of carbonyl (C=O) groups is 1. The summed E-state index contributed by atoms with van der Waals surface area (Å²) in [5.41, 5.74) is 6.92.